The van der Waals surface area contributed by atoms with Gasteiger partial charge in [0.05, 0.1) is 19.1 Å². The highest BCUT2D eigenvalue weighted by Crippen LogP contribution is 2.26. The number of alkyl halides is 2. The maximum absolute atomic E-state index is 12.6. The molecule has 0 aromatic heterocycles. The monoisotopic (exact) mass is 399 g/mol. The molecular weight excluding hydrogens is 380 g/mol. The van der Waals surface area contributed by atoms with Gasteiger partial charge in [-0.05, 0) is 36.4 Å². The molecule has 0 aliphatic heterocycles. The smallest absolute Gasteiger partial charge is 0.341 e. The number of methoxy groups -OCH3 is 2. The fraction of sp³-hybridized carbons (Fsp3) is 0.278. The highest BCUT2D eigenvalue weighted by molar-refractivity contribution is 7.91. The molecule has 0 spiro atoms. The second-order valence-electron chi connectivity index (χ2n) is 5.67. The van der Waals surface area contributed by atoms with Crippen LogP contribution < -0.4 is 9.47 Å². The minimum Gasteiger partial charge on any atom is -0.497 e. The van der Waals surface area contributed by atoms with Gasteiger partial charge in [0.2, 0.25) is 9.84 Å². The summed E-state index contributed by atoms with van der Waals surface area (Å²) in [5.74, 6) is -2.74. The predicted molar refractivity (Wildman–Crippen MR) is 95.0 cm³/mol. The second kappa shape index (κ2) is 8.34. The van der Waals surface area contributed by atoms with Gasteiger partial charge in [-0.1, -0.05) is 0 Å². The number of nitrogens with zero attached hydrogens (tertiary/aromatic N) is 1. The van der Waals surface area contributed by atoms with Crippen molar-refractivity contribution in [1.82, 2.24) is 4.90 Å². The van der Waals surface area contributed by atoms with E-state index in [9.17, 15) is 22.0 Å². The predicted octanol–water partition coefficient (Wildman–Crippen LogP) is 2.97. The van der Waals surface area contributed by atoms with Gasteiger partial charge >= 0.3 is 5.76 Å². The first-order valence-corrected chi connectivity index (χ1v) is 9.33. The Balaban J connectivity index is 2.18. The topological polar surface area (TPSA) is 72.9 Å². The van der Waals surface area contributed by atoms with Crippen molar-refractivity contribution < 1.29 is 31.5 Å². The number of hydrogen-bond acceptors (Lipinski definition) is 5. The SMILES string of the molecule is COc1ccc(CN(C)C(=O)c2ccc(S(=O)(=O)C(F)F)cc2)c(OC)c1. The van der Waals surface area contributed by atoms with E-state index >= 15 is 0 Å². The number of ether oxygens (including phenoxy) is 2. The standard InChI is InChI=1S/C18H19F2NO5S/c1-21(11-13-4-7-14(25-2)10-16(13)26-3)17(22)12-5-8-15(9-6-12)27(23,24)18(19)20/h4-10,18H,11H2,1-3H3. The summed E-state index contributed by atoms with van der Waals surface area (Å²) >= 11 is 0. The molecule has 146 valence electrons. The van der Waals surface area contributed by atoms with E-state index in [-0.39, 0.29) is 12.1 Å². The van der Waals surface area contributed by atoms with Gasteiger partial charge in [-0.25, -0.2) is 8.42 Å². The van der Waals surface area contributed by atoms with Gasteiger partial charge in [-0.15, -0.1) is 0 Å². The van der Waals surface area contributed by atoms with Crippen LogP contribution in [-0.4, -0.2) is 46.2 Å². The first-order chi connectivity index (χ1) is 12.7. The van der Waals surface area contributed by atoms with Crippen LogP contribution in [0.3, 0.4) is 0 Å². The van der Waals surface area contributed by atoms with Crippen molar-refractivity contribution in [2.24, 2.45) is 0 Å². The first kappa shape index (κ1) is 20.6. The van der Waals surface area contributed by atoms with E-state index < -0.39 is 26.4 Å². The number of rotatable bonds is 7. The molecular formula is C18H19F2NO5S. The van der Waals surface area contributed by atoms with Crippen molar-refractivity contribution in [2.75, 3.05) is 21.3 Å². The molecule has 2 aromatic carbocycles. The van der Waals surface area contributed by atoms with Gasteiger partial charge in [0.15, 0.2) is 0 Å². The average molecular weight is 399 g/mol. The Labute approximate surface area is 156 Å². The molecule has 6 nitrogen and oxygen atoms in total. The molecule has 0 fully saturated rings. The van der Waals surface area contributed by atoms with Crippen LogP contribution in [0.5, 0.6) is 11.5 Å². The number of halogens is 2. The molecule has 2 aromatic rings. The molecule has 0 heterocycles. The first-order valence-electron chi connectivity index (χ1n) is 7.79. The minimum atomic E-state index is -4.69. The molecule has 0 unspecified atom stereocenters. The Morgan fingerprint density at radius 1 is 1.07 bits per heavy atom. The summed E-state index contributed by atoms with van der Waals surface area (Å²) in [5, 5.41) is 0. The Bertz CT molecular complexity index is 914. The third kappa shape index (κ3) is 4.54. The van der Waals surface area contributed by atoms with Gasteiger partial charge in [-0.2, -0.15) is 8.78 Å². The number of amides is 1. The lowest BCUT2D eigenvalue weighted by molar-refractivity contribution is 0.0784. The fourth-order valence-electron chi connectivity index (χ4n) is 2.42. The molecule has 0 saturated carbocycles. The molecule has 2 rings (SSSR count). The second-order valence-corrected chi connectivity index (χ2v) is 7.59. The summed E-state index contributed by atoms with van der Waals surface area (Å²) in [6, 6.07) is 9.60. The molecule has 0 atom stereocenters. The fourth-order valence-corrected chi connectivity index (χ4v) is 3.14. The Morgan fingerprint density at radius 2 is 1.70 bits per heavy atom. The van der Waals surface area contributed by atoms with Gasteiger partial charge in [0, 0.05) is 30.8 Å². The van der Waals surface area contributed by atoms with Crippen LogP contribution >= 0.6 is 0 Å². The van der Waals surface area contributed by atoms with E-state index in [0.29, 0.717) is 11.5 Å². The molecule has 0 N–H and O–H groups in total. The number of benzene rings is 2. The van der Waals surface area contributed by atoms with Crippen LogP contribution in [0.1, 0.15) is 15.9 Å². The summed E-state index contributed by atoms with van der Waals surface area (Å²) < 4.78 is 58.4. The van der Waals surface area contributed by atoms with E-state index in [1.54, 1.807) is 25.2 Å². The Kier molecular flexibility index (Phi) is 6.37. The maximum Gasteiger partial charge on any atom is 0.341 e. The molecule has 1 amide bonds. The highest BCUT2D eigenvalue weighted by Gasteiger charge is 2.26. The van der Waals surface area contributed by atoms with Crippen molar-refractivity contribution >= 4 is 15.7 Å². The van der Waals surface area contributed by atoms with Crippen molar-refractivity contribution in [3.8, 4) is 11.5 Å². The molecule has 0 aliphatic carbocycles. The molecule has 0 bridgehead atoms. The van der Waals surface area contributed by atoms with Crippen LogP contribution in [0.15, 0.2) is 47.4 Å². The zero-order chi connectivity index (χ0) is 20.2. The van der Waals surface area contributed by atoms with E-state index in [0.717, 1.165) is 17.7 Å². The van der Waals surface area contributed by atoms with Crippen molar-refractivity contribution in [3.63, 3.8) is 0 Å². The van der Waals surface area contributed by atoms with Gasteiger partial charge in [0.25, 0.3) is 5.91 Å². The summed E-state index contributed by atoms with van der Waals surface area (Å²) in [6.45, 7) is 0.225. The third-order valence-electron chi connectivity index (χ3n) is 3.91. The summed E-state index contributed by atoms with van der Waals surface area (Å²) in [7, 11) is -0.0931. The van der Waals surface area contributed by atoms with E-state index in [2.05, 4.69) is 0 Å². The van der Waals surface area contributed by atoms with Crippen LogP contribution in [-0.2, 0) is 16.4 Å². The van der Waals surface area contributed by atoms with Crippen molar-refractivity contribution in [2.45, 2.75) is 17.2 Å². The van der Waals surface area contributed by atoms with E-state index in [1.807, 2.05) is 0 Å². The largest absolute Gasteiger partial charge is 0.497 e. The molecule has 0 saturated heterocycles. The van der Waals surface area contributed by atoms with E-state index in [1.165, 1.54) is 31.3 Å². The lowest BCUT2D eigenvalue weighted by Gasteiger charge is -2.19. The minimum absolute atomic E-state index is 0.179. The molecule has 0 radical (unpaired) electrons. The lowest BCUT2D eigenvalue weighted by Crippen LogP contribution is -2.26. The number of carbonyl (C=O) groups is 1. The average Bonchev–Trinajstić information content (AvgIpc) is 2.67. The van der Waals surface area contributed by atoms with Crippen molar-refractivity contribution in [1.29, 1.82) is 0 Å². The van der Waals surface area contributed by atoms with Crippen LogP contribution in [0.25, 0.3) is 0 Å². The van der Waals surface area contributed by atoms with Gasteiger partial charge < -0.3 is 14.4 Å². The zero-order valence-electron chi connectivity index (χ0n) is 15.0. The highest BCUT2D eigenvalue weighted by atomic mass is 32.2. The summed E-state index contributed by atoms with van der Waals surface area (Å²) in [6.07, 6.45) is 0. The summed E-state index contributed by atoms with van der Waals surface area (Å²) in [5.41, 5.74) is 0.921. The van der Waals surface area contributed by atoms with Crippen LogP contribution in [0.4, 0.5) is 8.78 Å². The number of sulfone groups is 1. The molecule has 9 heteroatoms. The normalized spacial score (nSPS) is 11.3. The number of carbonyl (C=O) groups excluding carboxylic acids is 1. The lowest BCUT2D eigenvalue weighted by atomic mass is 10.1. The maximum atomic E-state index is 12.6. The van der Waals surface area contributed by atoms with Gasteiger partial charge in [0.1, 0.15) is 11.5 Å². The quantitative estimate of drug-likeness (QED) is 0.716. The van der Waals surface area contributed by atoms with Crippen LogP contribution in [0.2, 0.25) is 0 Å². The molecule has 27 heavy (non-hydrogen) atoms. The Morgan fingerprint density at radius 3 is 2.22 bits per heavy atom. The van der Waals surface area contributed by atoms with Crippen LogP contribution in [0, 0.1) is 0 Å². The molecule has 0 aliphatic rings. The number of hydrogen-bond donors (Lipinski definition) is 0. The van der Waals surface area contributed by atoms with E-state index in [4.69, 9.17) is 9.47 Å². The van der Waals surface area contributed by atoms with Crippen molar-refractivity contribution in [3.05, 3.63) is 53.6 Å². The third-order valence-corrected chi connectivity index (χ3v) is 5.31. The Hall–Kier alpha value is -2.68. The van der Waals surface area contributed by atoms with Gasteiger partial charge in [-0.3, -0.25) is 4.79 Å². The summed E-state index contributed by atoms with van der Waals surface area (Å²) in [4.78, 5) is 13.4. The zero-order valence-corrected chi connectivity index (χ0v) is 15.8.